The zero-order chi connectivity index (χ0) is 13.5. The predicted octanol–water partition coefficient (Wildman–Crippen LogP) is 3.52. The molecule has 1 unspecified atom stereocenters. The number of rotatable bonds is 7. The summed E-state index contributed by atoms with van der Waals surface area (Å²) < 4.78 is 28.4. The number of hydrogen-bond donors (Lipinski definition) is 1. The Morgan fingerprint density at radius 1 is 1.11 bits per heavy atom. The standard InChI is InChI=1S/C14H20F2O2/c1-10(2)11-3-5-12(6-4-11)13(17)7-8-18-9-14(15)16/h3-6,10,13-14,17H,7-9H2,1-2H3. The van der Waals surface area contributed by atoms with Gasteiger partial charge in [0.15, 0.2) is 0 Å². The highest BCUT2D eigenvalue weighted by molar-refractivity contribution is 5.26. The fourth-order valence-corrected chi connectivity index (χ4v) is 1.64. The van der Waals surface area contributed by atoms with Crippen molar-refractivity contribution in [2.24, 2.45) is 0 Å². The molecule has 18 heavy (non-hydrogen) atoms. The molecule has 0 bridgehead atoms. The summed E-state index contributed by atoms with van der Waals surface area (Å²) in [7, 11) is 0. The minimum Gasteiger partial charge on any atom is -0.388 e. The van der Waals surface area contributed by atoms with E-state index in [1.807, 2.05) is 24.3 Å². The largest absolute Gasteiger partial charge is 0.388 e. The van der Waals surface area contributed by atoms with Gasteiger partial charge in [-0.25, -0.2) is 8.78 Å². The summed E-state index contributed by atoms with van der Waals surface area (Å²) in [4.78, 5) is 0. The van der Waals surface area contributed by atoms with E-state index in [1.165, 1.54) is 5.56 Å². The third-order valence-electron chi connectivity index (χ3n) is 2.77. The zero-order valence-corrected chi connectivity index (χ0v) is 10.8. The number of alkyl halides is 2. The van der Waals surface area contributed by atoms with Gasteiger partial charge in [0.05, 0.1) is 6.10 Å². The molecule has 1 N–H and O–H groups in total. The fourth-order valence-electron chi connectivity index (χ4n) is 1.64. The first-order chi connectivity index (χ1) is 8.50. The Labute approximate surface area is 107 Å². The van der Waals surface area contributed by atoms with E-state index in [4.69, 9.17) is 4.74 Å². The number of hydrogen-bond acceptors (Lipinski definition) is 2. The van der Waals surface area contributed by atoms with Gasteiger partial charge in [-0.3, -0.25) is 0 Å². The molecule has 0 saturated heterocycles. The summed E-state index contributed by atoms with van der Waals surface area (Å²) in [5.74, 6) is 0.450. The molecule has 102 valence electrons. The van der Waals surface area contributed by atoms with E-state index in [0.29, 0.717) is 12.3 Å². The lowest BCUT2D eigenvalue weighted by atomic mass is 9.99. The van der Waals surface area contributed by atoms with Gasteiger partial charge in [-0.1, -0.05) is 38.1 Å². The van der Waals surface area contributed by atoms with Crippen LogP contribution in [0.1, 0.15) is 43.4 Å². The number of benzene rings is 1. The summed E-state index contributed by atoms with van der Waals surface area (Å²) in [5.41, 5.74) is 2.00. The predicted molar refractivity (Wildman–Crippen MR) is 66.9 cm³/mol. The molecule has 0 fully saturated rings. The third kappa shape index (κ3) is 5.10. The number of aliphatic hydroxyl groups is 1. The van der Waals surface area contributed by atoms with Crippen LogP contribution in [0.3, 0.4) is 0 Å². The van der Waals surface area contributed by atoms with Gasteiger partial charge in [-0.05, 0) is 17.0 Å². The van der Waals surface area contributed by atoms with E-state index in [2.05, 4.69) is 13.8 Å². The van der Waals surface area contributed by atoms with Crippen LogP contribution in [0.25, 0.3) is 0 Å². The number of aliphatic hydroxyl groups excluding tert-OH is 1. The van der Waals surface area contributed by atoms with Crippen molar-refractivity contribution in [2.45, 2.75) is 38.7 Å². The van der Waals surface area contributed by atoms with Crippen LogP contribution in [0.5, 0.6) is 0 Å². The minimum atomic E-state index is -2.45. The van der Waals surface area contributed by atoms with E-state index in [1.54, 1.807) is 0 Å². The molecule has 1 aromatic rings. The molecule has 0 aliphatic carbocycles. The van der Waals surface area contributed by atoms with Crippen LogP contribution in [0.15, 0.2) is 24.3 Å². The van der Waals surface area contributed by atoms with Crippen LogP contribution < -0.4 is 0 Å². The van der Waals surface area contributed by atoms with Crippen molar-refractivity contribution in [2.75, 3.05) is 13.2 Å². The lowest BCUT2D eigenvalue weighted by molar-refractivity contribution is 0.00481. The minimum absolute atomic E-state index is 0.136. The summed E-state index contributed by atoms with van der Waals surface area (Å²) in [6.45, 7) is 3.77. The van der Waals surface area contributed by atoms with Crippen LogP contribution >= 0.6 is 0 Å². The lowest BCUT2D eigenvalue weighted by Gasteiger charge is -2.13. The topological polar surface area (TPSA) is 29.5 Å². The smallest absolute Gasteiger partial charge is 0.261 e. The fraction of sp³-hybridized carbons (Fsp3) is 0.571. The second-order valence-corrected chi connectivity index (χ2v) is 4.59. The monoisotopic (exact) mass is 258 g/mol. The van der Waals surface area contributed by atoms with Gasteiger partial charge >= 0.3 is 0 Å². The molecular weight excluding hydrogens is 238 g/mol. The Bertz CT molecular complexity index is 336. The first-order valence-electron chi connectivity index (χ1n) is 6.14. The van der Waals surface area contributed by atoms with E-state index >= 15 is 0 Å². The molecule has 1 atom stereocenters. The summed E-state index contributed by atoms with van der Waals surface area (Å²) in [5, 5.41) is 9.85. The second kappa shape index (κ2) is 7.44. The molecule has 0 saturated carbocycles. The van der Waals surface area contributed by atoms with Gasteiger partial charge in [0.25, 0.3) is 6.43 Å². The highest BCUT2D eigenvalue weighted by Gasteiger charge is 2.09. The van der Waals surface area contributed by atoms with Crippen molar-refractivity contribution in [3.05, 3.63) is 35.4 Å². The second-order valence-electron chi connectivity index (χ2n) is 4.59. The van der Waals surface area contributed by atoms with Gasteiger partial charge in [0.1, 0.15) is 6.61 Å². The quantitative estimate of drug-likeness (QED) is 0.758. The molecule has 0 heterocycles. The van der Waals surface area contributed by atoms with Gasteiger partial charge in [0, 0.05) is 13.0 Å². The summed E-state index contributed by atoms with van der Waals surface area (Å²) in [6, 6.07) is 7.69. The molecule has 1 aromatic carbocycles. The lowest BCUT2D eigenvalue weighted by Crippen LogP contribution is -2.08. The highest BCUT2D eigenvalue weighted by Crippen LogP contribution is 2.20. The molecule has 0 spiro atoms. The SMILES string of the molecule is CC(C)c1ccc(C(O)CCOCC(F)F)cc1. The van der Waals surface area contributed by atoms with Crippen LogP contribution in [0, 0.1) is 0 Å². The molecule has 0 radical (unpaired) electrons. The molecule has 1 rings (SSSR count). The van der Waals surface area contributed by atoms with Gasteiger partial charge in [0.2, 0.25) is 0 Å². The van der Waals surface area contributed by atoms with Gasteiger partial charge in [-0.15, -0.1) is 0 Å². The van der Waals surface area contributed by atoms with Crippen molar-refractivity contribution >= 4 is 0 Å². The maximum Gasteiger partial charge on any atom is 0.261 e. The number of halogens is 2. The summed E-state index contributed by atoms with van der Waals surface area (Å²) >= 11 is 0. The Hall–Kier alpha value is -1.00. The average Bonchev–Trinajstić information content (AvgIpc) is 2.34. The molecule has 0 aliphatic heterocycles. The zero-order valence-electron chi connectivity index (χ0n) is 10.8. The maximum atomic E-state index is 11.8. The molecule has 0 aliphatic rings. The van der Waals surface area contributed by atoms with Crippen LogP contribution in [0.4, 0.5) is 8.78 Å². The van der Waals surface area contributed by atoms with Crippen molar-refractivity contribution in [3.8, 4) is 0 Å². The van der Waals surface area contributed by atoms with Gasteiger partial charge in [-0.2, -0.15) is 0 Å². The normalized spacial score (nSPS) is 13.3. The molecule has 2 nitrogen and oxygen atoms in total. The Morgan fingerprint density at radius 3 is 2.17 bits per heavy atom. The third-order valence-corrected chi connectivity index (χ3v) is 2.77. The van der Waals surface area contributed by atoms with Crippen LogP contribution in [0.2, 0.25) is 0 Å². The van der Waals surface area contributed by atoms with Crippen molar-refractivity contribution in [1.82, 2.24) is 0 Å². The Balaban J connectivity index is 2.39. The van der Waals surface area contributed by atoms with Crippen molar-refractivity contribution in [1.29, 1.82) is 0 Å². The van der Waals surface area contributed by atoms with E-state index in [-0.39, 0.29) is 6.61 Å². The molecular formula is C14H20F2O2. The molecule has 0 aromatic heterocycles. The first kappa shape index (κ1) is 15.1. The molecule has 0 amide bonds. The van der Waals surface area contributed by atoms with E-state index in [0.717, 1.165) is 5.56 Å². The Kier molecular flexibility index (Phi) is 6.22. The van der Waals surface area contributed by atoms with E-state index in [9.17, 15) is 13.9 Å². The van der Waals surface area contributed by atoms with Crippen LogP contribution in [-0.2, 0) is 4.74 Å². The van der Waals surface area contributed by atoms with E-state index < -0.39 is 19.1 Å². The average molecular weight is 258 g/mol. The Morgan fingerprint density at radius 2 is 1.67 bits per heavy atom. The van der Waals surface area contributed by atoms with Gasteiger partial charge < -0.3 is 9.84 Å². The first-order valence-corrected chi connectivity index (χ1v) is 6.14. The summed E-state index contributed by atoms with van der Waals surface area (Å²) in [6.07, 6.45) is -2.79. The number of ether oxygens (including phenoxy) is 1. The van der Waals surface area contributed by atoms with Crippen molar-refractivity contribution < 1.29 is 18.6 Å². The molecule has 4 heteroatoms. The highest BCUT2D eigenvalue weighted by atomic mass is 19.3. The van der Waals surface area contributed by atoms with Crippen LogP contribution in [-0.4, -0.2) is 24.7 Å². The van der Waals surface area contributed by atoms with Crippen molar-refractivity contribution in [3.63, 3.8) is 0 Å². The maximum absolute atomic E-state index is 11.8.